The fourth-order valence-corrected chi connectivity index (χ4v) is 2.90. The molecular formula is C12H18Cl2N2O4S. The van der Waals surface area contributed by atoms with Gasteiger partial charge in [0.15, 0.2) is 0 Å². The van der Waals surface area contributed by atoms with Gasteiger partial charge in [0.2, 0.25) is 10.0 Å². The van der Waals surface area contributed by atoms with Gasteiger partial charge in [-0.2, -0.15) is 0 Å². The minimum absolute atomic E-state index is 0. The van der Waals surface area contributed by atoms with E-state index >= 15 is 0 Å². The van der Waals surface area contributed by atoms with Crippen molar-refractivity contribution in [3.63, 3.8) is 0 Å². The van der Waals surface area contributed by atoms with Crippen LogP contribution in [0, 0.1) is 0 Å². The molecular weight excluding hydrogens is 339 g/mol. The highest BCUT2D eigenvalue weighted by Gasteiger charge is 2.23. The summed E-state index contributed by atoms with van der Waals surface area (Å²) in [6, 6.07) is 3.91. The van der Waals surface area contributed by atoms with Gasteiger partial charge in [-0.1, -0.05) is 11.6 Å². The molecule has 0 radical (unpaired) electrons. The number of esters is 1. The summed E-state index contributed by atoms with van der Waals surface area (Å²) in [4.78, 5) is 11.5. The molecule has 0 saturated carbocycles. The fourth-order valence-electron chi connectivity index (χ4n) is 1.42. The number of hydrogen-bond donors (Lipinski definition) is 2. The van der Waals surface area contributed by atoms with Crippen molar-refractivity contribution < 1.29 is 17.9 Å². The predicted octanol–water partition coefficient (Wildman–Crippen LogP) is 1.43. The van der Waals surface area contributed by atoms with Gasteiger partial charge < -0.3 is 10.1 Å². The first-order chi connectivity index (χ1) is 9.31. The molecule has 0 aliphatic rings. The Morgan fingerprint density at radius 1 is 1.43 bits per heavy atom. The van der Waals surface area contributed by atoms with Crippen molar-refractivity contribution in [3.8, 4) is 0 Å². The maximum Gasteiger partial charge on any atom is 0.339 e. The molecule has 21 heavy (non-hydrogen) atoms. The highest BCUT2D eigenvalue weighted by atomic mass is 35.5. The zero-order chi connectivity index (χ0) is 15.3. The van der Waals surface area contributed by atoms with Crippen LogP contribution < -0.4 is 10.0 Å². The Bertz CT molecular complexity index is 593. The lowest BCUT2D eigenvalue weighted by atomic mass is 10.2. The van der Waals surface area contributed by atoms with Gasteiger partial charge >= 0.3 is 5.97 Å². The summed E-state index contributed by atoms with van der Waals surface area (Å²) in [5.74, 6) is -0.755. The molecule has 0 bridgehead atoms. The Morgan fingerprint density at radius 2 is 2.05 bits per heavy atom. The van der Waals surface area contributed by atoms with Crippen molar-refractivity contribution in [2.24, 2.45) is 0 Å². The van der Waals surface area contributed by atoms with Crippen molar-refractivity contribution in [1.29, 1.82) is 0 Å². The number of benzene rings is 1. The molecule has 0 aliphatic heterocycles. The number of hydrogen-bond acceptors (Lipinski definition) is 5. The van der Waals surface area contributed by atoms with Crippen molar-refractivity contribution in [2.75, 3.05) is 20.7 Å². The van der Waals surface area contributed by atoms with Crippen molar-refractivity contribution >= 4 is 40.0 Å². The van der Waals surface area contributed by atoms with Crippen LogP contribution in [0.15, 0.2) is 23.1 Å². The van der Waals surface area contributed by atoms with E-state index in [1.54, 1.807) is 7.05 Å². The third-order valence-corrected chi connectivity index (χ3v) is 4.43. The smallest absolute Gasteiger partial charge is 0.339 e. The van der Waals surface area contributed by atoms with Crippen LogP contribution in [0.4, 0.5) is 0 Å². The minimum Gasteiger partial charge on any atom is -0.465 e. The van der Waals surface area contributed by atoms with Crippen LogP contribution >= 0.6 is 24.0 Å². The van der Waals surface area contributed by atoms with Crippen molar-refractivity contribution in [3.05, 3.63) is 28.8 Å². The third kappa shape index (κ3) is 5.44. The number of ether oxygens (including phenoxy) is 1. The predicted molar refractivity (Wildman–Crippen MR) is 83.7 cm³/mol. The Balaban J connectivity index is 0.00000400. The molecule has 0 heterocycles. The SMILES string of the molecule is CNC(C)CNS(=O)(=O)c1ccc(Cl)cc1C(=O)OC.Cl. The number of carbonyl (C=O) groups excluding carboxylic acids is 1. The molecule has 1 atom stereocenters. The molecule has 0 saturated heterocycles. The largest absolute Gasteiger partial charge is 0.465 e. The van der Waals surface area contributed by atoms with Gasteiger partial charge in [0, 0.05) is 17.6 Å². The average Bonchev–Trinajstić information content (AvgIpc) is 2.43. The Hall–Kier alpha value is -0.860. The molecule has 1 rings (SSSR count). The van der Waals surface area contributed by atoms with E-state index in [0.717, 1.165) is 0 Å². The first-order valence-corrected chi connectivity index (χ1v) is 7.72. The Kier molecular flexibility index (Phi) is 8.20. The average molecular weight is 357 g/mol. The minimum atomic E-state index is -3.82. The van der Waals surface area contributed by atoms with Crippen LogP contribution in [-0.4, -0.2) is 41.1 Å². The molecule has 2 N–H and O–H groups in total. The van der Waals surface area contributed by atoms with Crippen LogP contribution in [0.1, 0.15) is 17.3 Å². The van der Waals surface area contributed by atoms with Gasteiger partial charge in [-0.25, -0.2) is 17.9 Å². The third-order valence-electron chi connectivity index (χ3n) is 2.71. The van der Waals surface area contributed by atoms with E-state index in [9.17, 15) is 13.2 Å². The number of rotatable bonds is 6. The molecule has 9 heteroatoms. The molecule has 0 amide bonds. The van der Waals surface area contributed by atoms with Gasteiger partial charge in [-0.05, 0) is 32.2 Å². The van der Waals surface area contributed by atoms with Crippen LogP contribution in [0.25, 0.3) is 0 Å². The second kappa shape index (κ2) is 8.55. The van der Waals surface area contributed by atoms with E-state index in [1.165, 1.54) is 25.3 Å². The lowest BCUT2D eigenvalue weighted by Crippen LogP contribution is -2.37. The highest BCUT2D eigenvalue weighted by Crippen LogP contribution is 2.21. The summed E-state index contributed by atoms with van der Waals surface area (Å²) in [7, 11) is -0.917. The molecule has 0 fully saturated rings. The quantitative estimate of drug-likeness (QED) is 0.753. The summed E-state index contributed by atoms with van der Waals surface area (Å²) in [5.41, 5.74) is -0.0930. The first kappa shape index (κ1) is 20.1. The number of methoxy groups -OCH3 is 1. The van der Waals surface area contributed by atoms with Gasteiger partial charge in [0.1, 0.15) is 0 Å². The number of halogens is 2. The van der Waals surface area contributed by atoms with Crippen molar-refractivity contribution in [2.45, 2.75) is 17.9 Å². The number of likely N-dealkylation sites (N-methyl/N-ethyl adjacent to an activating group) is 1. The summed E-state index contributed by atoms with van der Waals surface area (Å²) >= 11 is 5.78. The molecule has 0 aliphatic carbocycles. The normalized spacial score (nSPS) is 12.4. The summed E-state index contributed by atoms with van der Waals surface area (Å²) in [6.45, 7) is 2.02. The van der Waals surface area contributed by atoms with E-state index in [2.05, 4.69) is 14.8 Å². The molecule has 1 aromatic carbocycles. The Labute approximate surface area is 135 Å². The van der Waals surface area contributed by atoms with E-state index in [1.807, 2.05) is 6.92 Å². The second-order valence-electron chi connectivity index (χ2n) is 4.17. The first-order valence-electron chi connectivity index (χ1n) is 5.86. The maximum absolute atomic E-state index is 12.2. The summed E-state index contributed by atoms with van der Waals surface area (Å²) < 4.78 is 31.4. The fraction of sp³-hybridized carbons (Fsp3) is 0.417. The van der Waals surface area contributed by atoms with Gasteiger partial charge in [-0.15, -0.1) is 12.4 Å². The standard InChI is InChI=1S/C12H17ClN2O4S.ClH/c1-8(14-2)7-15-20(17,18)11-5-4-9(13)6-10(11)12(16)19-3;/h4-6,8,14-15H,7H2,1-3H3;1H. The van der Waals surface area contributed by atoms with Crippen LogP contribution in [0.3, 0.4) is 0 Å². The molecule has 0 aromatic heterocycles. The highest BCUT2D eigenvalue weighted by molar-refractivity contribution is 7.89. The second-order valence-corrected chi connectivity index (χ2v) is 6.35. The van der Waals surface area contributed by atoms with E-state index < -0.39 is 16.0 Å². The van der Waals surface area contributed by atoms with Gasteiger partial charge in [-0.3, -0.25) is 0 Å². The zero-order valence-electron chi connectivity index (χ0n) is 11.8. The van der Waals surface area contributed by atoms with Gasteiger partial charge in [0.25, 0.3) is 0 Å². The molecule has 0 spiro atoms. The molecule has 6 nitrogen and oxygen atoms in total. The number of sulfonamides is 1. The van der Waals surface area contributed by atoms with E-state index in [0.29, 0.717) is 0 Å². The lowest BCUT2D eigenvalue weighted by molar-refractivity contribution is 0.0596. The molecule has 1 aromatic rings. The maximum atomic E-state index is 12.2. The van der Waals surface area contributed by atoms with E-state index in [4.69, 9.17) is 11.6 Å². The zero-order valence-corrected chi connectivity index (χ0v) is 14.2. The van der Waals surface area contributed by atoms with Crippen LogP contribution in [0.5, 0.6) is 0 Å². The number of carbonyl (C=O) groups is 1. The van der Waals surface area contributed by atoms with Gasteiger partial charge in [0.05, 0.1) is 17.6 Å². The monoisotopic (exact) mass is 356 g/mol. The topological polar surface area (TPSA) is 84.5 Å². The van der Waals surface area contributed by atoms with Crippen LogP contribution in [0.2, 0.25) is 5.02 Å². The summed E-state index contributed by atoms with van der Waals surface area (Å²) in [5, 5.41) is 3.16. The van der Waals surface area contributed by atoms with E-state index in [-0.39, 0.29) is 40.5 Å². The number of nitrogens with one attached hydrogen (secondary N) is 2. The van der Waals surface area contributed by atoms with Crippen molar-refractivity contribution in [1.82, 2.24) is 10.0 Å². The summed E-state index contributed by atoms with van der Waals surface area (Å²) in [6.07, 6.45) is 0. The molecule has 120 valence electrons. The Morgan fingerprint density at radius 3 is 2.57 bits per heavy atom. The lowest BCUT2D eigenvalue weighted by Gasteiger charge is -2.14. The molecule has 1 unspecified atom stereocenters. The van der Waals surface area contributed by atoms with Crippen LogP contribution in [-0.2, 0) is 14.8 Å².